The number of hydrogen-bond donors (Lipinski definition) is 2. The van der Waals surface area contributed by atoms with Gasteiger partial charge in [-0.3, -0.25) is 19.7 Å². The van der Waals surface area contributed by atoms with Crippen molar-refractivity contribution in [1.29, 1.82) is 0 Å². The number of rotatable bonds is 8. The minimum atomic E-state index is -0.495. The van der Waals surface area contributed by atoms with Crippen molar-refractivity contribution in [3.8, 4) is 0 Å². The molecule has 3 aromatic rings. The highest BCUT2D eigenvalue weighted by atomic mass is 32.2. The summed E-state index contributed by atoms with van der Waals surface area (Å²) in [6.07, 6.45) is 3.21. The second-order valence-corrected chi connectivity index (χ2v) is 8.68. The Morgan fingerprint density at radius 3 is 2.36 bits per heavy atom. The van der Waals surface area contributed by atoms with Gasteiger partial charge in [-0.05, 0) is 55.3 Å². The van der Waals surface area contributed by atoms with Crippen LogP contribution in [0.15, 0.2) is 83.8 Å². The first-order valence-corrected chi connectivity index (χ1v) is 11.1. The molecular formula is C25H23N3O4S. The molecule has 0 aliphatic carbocycles. The molecule has 0 radical (unpaired) electrons. The maximum atomic E-state index is 12.6. The molecule has 2 amide bonds. The first-order valence-electron chi connectivity index (χ1n) is 10.2. The Morgan fingerprint density at radius 1 is 1.00 bits per heavy atom. The van der Waals surface area contributed by atoms with Crippen LogP contribution >= 0.6 is 11.8 Å². The summed E-state index contributed by atoms with van der Waals surface area (Å²) < 4.78 is 0. The van der Waals surface area contributed by atoms with Crippen molar-refractivity contribution >= 4 is 46.7 Å². The van der Waals surface area contributed by atoms with Gasteiger partial charge in [-0.2, -0.15) is 0 Å². The molecule has 0 aromatic heterocycles. The van der Waals surface area contributed by atoms with E-state index < -0.39 is 10.2 Å². The van der Waals surface area contributed by atoms with Crippen LogP contribution in [0.1, 0.15) is 18.1 Å². The molecule has 0 saturated heterocycles. The van der Waals surface area contributed by atoms with E-state index in [4.69, 9.17) is 0 Å². The molecule has 33 heavy (non-hydrogen) atoms. The second kappa shape index (κ2) is 11.1. The van der Waals surface area contributed by atoms with Crippen molar-refractivity contribution < 1.29 is 14.5 Å². The average Bonchev–Trinajstić information content (AvgIpc) is 2.81. The number of amides is 2. The molecule has 8 heteroatoms. The predicted molar refractivity (Wildman–Crippen MR) is 132 cm³/mol. The van der Waals surface area contributed by atoms with Crippen molar-refractivity contribution in [2.75, 3.05) is 10.6 Å². The van der Waals surface area contributed by atoms with Gasteiger partial charge in [0, 0.05) is 28.8 Å². The Kier molecular flexibility index (Phi) is 7.99. The van der Waals surface area contributed by atoms with Gasteiger partial charge in [0.2, 0.25) is 11.8 Å². The van der Waals surface area contributed by atoms with E-state index in [1.165, 1.54) is 30.0 Å². The highest BCUT2D eigenvalue weighted by Gasteiger charge is 2.17. The van der Waals surface area contributed by atoms with E-state index in [0.717, 1.165) is 16.0 Å². The summed E-state index contributed by atoms with van der Waals surface area (Å²) >= 11 is 1.35. The maximum absolute atomic E-state index is 12.6. The van der Waals surface area contributed by atoms with Gasteiger partial charge in [0.1, 0.15) is 0 Å². The van der Waals surface area contributed by atoms with Gasteiger partial charge >= 0.3 is 0 Å². The number of carbonyl (C=O) groups is 2. The van der Waals surface area contributed by atoms with E-state index in [9.17, 15) is 19.7 Å². The predicted octanol–water partition coefficient (Wildman–Crippen LogP) is 5.67. The lowest BCUT2D eigenvalue weighted by molar-refractivity contribution is -0.384. The van der Waals surface area contributed by atoms with Crippen LogP contribution in [0.4, 0.5) is 17.1 Å². The highest BCUT2D eigenvalue weighted by molar-refractivity contribution is 8.00. The third-order valence-corrected chi connectivity index (χ3v) is 5.83. The molecule has 0 saturated carbocycles. The van der Waals surface area contributed by atoms with Crippen molar-refractivity contribution in [3.63, 3.8) is 0 Å². The van der Waals surface area contributed by atoms with Crippen LogP contribution in [0.25, 0.3) is 6.08 Å². The monoisotopic (exact) mass is 461 g/mol. The minimum Gasteiger partial charge on any atom is -0.325 e. The lowest BCUT2D eigenvalue weighted by Crippen LogP contribution is -2.22. The number of nitrogens with zero attached hydrogens (tertiary/aromatic N) is 1. The van der Waals surface area contributed by atoms with E-state index in [1.54, 1.807) is 38.1 Å². The Morgan fingerprint density at radius 2 is 1.70 bits per heavy atom. The first-order chi connectivity index (χ1) is 15.8. The summed E-state index contributed by atoms with van der Waals surface area (Å²) in [5, 5.41) is 16.1. The van der Waals surface area contributed by atoms with Crippen LogP contribution in [0.2, 0.25) is 0 Å². The fourth-order valence-electron chi connectivity index (χ4n) is 2.89. The third-order valence-electron chi connectivity index (χ3n) is 4.72. The van der Waals surface area contributed by atoms with Crippen molar-refractivity contribution in [1.82, 2.24) is 0 Å². The number of non-ortho nitro benzene ring substituents is 1. The van der Waals surface area contributed by atoms with Gasteiger partial charge in [-0.15, -0.1) is 11.8 Å². The largest absolute Gasteiger partial charge is 0.325 e. The number of carbonyl (C=O) groups excluding carboxylic acids is 2. The molecule has 0 fully saturated rings. The zero-order valence-electron chi connectivity index (χ0n) is 18.1. The summed E-state index contributed by atoms with van der Waals surface area (Å²) in [7, 11) is 0. The number of hydrogen-bond acceptors (Lipinski definition) is 5. The van der Waals surface area contributed by atoms with Crippen LogP contribution < -0.4 is 10.6 Å². The van der Waals surface area contributed by atoms with Gasteiger partial charge in [0.15, 0.2) is 0 Å². The van der Waals surface area contributed by atoms with Crippen molar-refractivity contribution in [2.24, 2.45) is 0 Å². The Hall–Kier alpha value is -3.91. The number of thioether (sulfide) groups is 1. The number of nitro benzene ring substituents is 1. The summed E-state index contributed by atoms with van der Waals surface area (Å²) in [4.78, 5) is 36.0. The Labute approximate surface area is 196 Å². The molecule has 7 nitrogen and oxygen atoms in total. The van der Waals surface area contributed by atoms with Crippen molar-refractivity contribution in [2.45, 2.75) is 24.0 Å². The number of anilines is 2. The second-order valence-electron chi connectivity index (χ2n) is 7.26. The molecule has 3 aromatic carbocycles. The fraction of sp³-hybridized carbons (Fsp3) is 0.120. The van der Waals surface area contributed by atoms with Crippen molar-refractivity contribution in [3.05, 3.63) is 100 Å². The van der Waals surface area contributed by atoms with Crippen LogP contribution in [0, 0.1) is 17.0 Å². The van der Waals surface area contributed by atoms with Gasteiger partial charge in [0.05, 0.1) is 15.9 Å². The molecule has 168 valence electrons. The minimum absolute atomic E-state index is 0.0764. The number of nitro groups is 1. The smallest absolute Gasteiger partial charge is 0.271 e. The topological polar surface area (TPSA) is 101 Å². The van der Waals surface area contributed by atoms with Gasteiger partial charge in [-0.1, -0.05) is 36.4 Å². The standard InChI is InChI=1S/C25H23N3O4S/c1-17-8-12-21(28(31)32)16-23(17)27-25(30)18(2)33-22-13-10-20(11-14-22)26-24(29)15-9-19-6-4-3-5-7-19/h3-16,18H,1-2H3,(H,26,29)(H,27,30)/b15-9+. The van der Waals surface area contributed by atoms with Crippen LogP contribution in [-0.2, 0) is 9.59 Å². The lowest BCUT2D eigenvalue weighted by Gasteiger charge is -2.14. The quantitative estimate of drug-likeness (QED) is 0.195. The van der Waals surface area contributed by atoms with E-state index in [2.05, 4.69) is 10.6 Å². The molecule has 2 N–H and O–H groups in total. The molecule has 0 spiro atoms. The zero-order valence-corrected chi connectivity index (χ0v) is 19.0. The van der Waals surface area contributed by atoms with E-state index in [0.29, 0.717) is 11.4 Å². The lowest BCUT2D eigenvalue weighted by atomic mass is 10.2. The third kappa shape index (κ3) is 7.05. The van der Waals surface area contributed by atoms with Crippen LogP contribution in [-0.4, -0.2) is 22.0 Å². The van der Waals surface area contributed by atoms with E-state index in [1.807, 2.05) is 42.5 Å². The molecule has 0 bridgehead atoms. The fourth-order valence-corrected chi connectivity index (χ4v) is 3.75. The highest BCUT2D eigenvalue weighted by Crippen LogP contribution is 2.27. The Bertz CT molecular complexity index is 1180. The van der Waals surface area contributed by atoms with Gasteiger partial charge in [-0.25, -0.2) is 0 Å². The average molecular weight is 462 g/mol. The molecular weight excluding hydrogens is 438 g/mol. The van der Waals surface area contributed by atoms with Gasteiger partial charge < -0.3 is 10.6 Å². The first kappa shape index (κ1) is 23.7. The number of benzene rings is 3. The summed E-state index contributed by atoms with van der Waals surface area (Å²) in [6.45, 7) is 3.54. The molecule has 0 heterocycles. The Balaban J connectivity index is 1.55. The summed E-state index contributed by atoms with van der Waals surface area (Å²) in [5.74, 6) is -0.494. The summed E-state index contributed by atoms with van der Waals surface area (Å²) in [6, 6.07) is 21.1. The summed E-state index contributed by atoms with van der Waals surface area (Å²) in [5.41, 5.74) is 2.67. The zero-order chi connectivity index (χ0) is 23.8. The van der Waals surface area contributed by atoms with Crippen LogP contribution in [0.3, 0.4) is 0 Å². The van der Waals surface area contributed by atoms with Crippen LogP contribution in [0.5, 0.6) is 0 Å². The molecule has 0 aliphatic heterocycles. The normalized spacial score (nSPS) is 11.7. The maximum Gasteiger partial charge on any atom is 0.271 e. The number of nitrogens with one attached hydrogen (secondary N) is 2. The SMILES string of the molecule is Cc1ccc([N+](=O)[O-])cc1NC(=O)C(C)Sc1ccc(NC(=O)/C=C/c2ccccc2)cc1. The van der Waals surface area contributed by atoms with Gasteiger partial charge in [0.25, 0.3) is 5.69 Å². The number of aryl methyl sites for hydroxylation is 1. The molecule has 3 rings (SSSR count). The van der Waals surface area contributed by atoms with E-state index in [-0.39, 0.29) is 17.5 Å². The van der Waals surface area contributed by atoms with E-state index >= 15 is 0 Å². The molecule has 0 aliphatic rings. The molecule has 1 unspecified atom stereocenters. The molecule has 1 atom stereocenters.